The van der Waals surface area contributed by atoms with Gasteiger partial charge >= 0.3 is 0 Å². The second-order valence-corrected chi connectivity index (χ2v) is 4.22. The average molecular weight is 232 g/mol. The maximum Gasteiger partial charge on any atom is 0.249 e. The number of aromatic nitrogens is 3. The number of nitrogens with zero attached hydrogens (tertiary/aromatic N) is 3. The second-order valence-electron chi connectivity index (χ2n) is 4.22. The van der Waals surface area contributed by atoms with E-state index in [0.29, 0.717) is 24.4 Å². The average Bonchev–Trinajstić information content (AvgIpc) is 2.76. The summed E-state index contributed by atoms with van der Waals surface area (Å²) >= 11 is 0. The van der Waals surface area contributed by atoms with Crippen LogP contribution in [0.3, 0.4) is 0 Å². The molecule has 0 fully saturated rings. The molecule has 0 aliphatic carbocycles. The van der Waals surface area contributed by atoms with Crippen molar-refractivity contribution in [1.82, 2.24) is 20.5 Å². The molecular weight excluding hydrogens is 216 g/mol. The molecule has 17 heavy (non-hydrogen) atoms. The number of aryl methyl sites for hydroxylation is 1. The van der Waals surface area contributed by atoms with Gasteiger partial charge in [-0.1, -0.05) is 13.8 Å². The molecule has 0 saturated heterocycles. The Labute approximate surface area is 100 Å². The standard InChI is InChI=1S/C12H16N4O/c1-8(2)13-7-11-15-16-12(17-11)10-5-4-9(3)14-6-10/h4-6,8,13H,7H2,1-3H3. The third-order valence-corrected chi connectivity index (χ3v) is 2.29. The number of hydrogen-bond donors (Lipinski definition) is 1. The topological polar surface area (TPSA) is 63.8 Å². The maximum atomic E-state index is 5.54. The smallest absolute Gasteiger partial charge is 0.249 e. The van der Waals surface area contributed by atoms with E-state index in [0.717, 1.165) is 11.3 Å². The molecule has 0 amide bonds. The lowest BCUT2D eigenvalue weighted by atomic mass is 10.2. The van der Waals surface area contributed by atoms with E-state index in [1.54, 1.807) is 6.20 Å². The summed E-state index contributed by atoms with van der Waals surface area (Å²) in [6.45, 7) is 6.67. The van der Waals surface area contributed by atoms with Crippen LogP contribution in [0, 0.1) is 6.92 Å². The minimum absolute atomic E-state index is 0.395. The van der Waals surface area contributed by atoms with E-state index < -0.39 is 0 Å². The van der Waals surface area contributed by atoms with Crippen LogP contribution in [-0.2, 0) is 6.54 Å². The predicted octanol–water partition coefficient (Wildman–Crippen LogP) is 1.94. The van der Waals surface area contributed by atoms with Gasteiger partial charge < -0.3 is 9.73 Å². The Bertz CT molecular complexity index is 476. The Morgan fingerprint density at radius 1 is 1.29 bits per heavy atom. The summed E-state index contributed by atoms with van der Waals surface area (Å²) in [5, 5.41) is 11.2. The van der Waals surface area contributed by atoms with Crippen LogP contribution < -0.4 is 5.32 Å². The van der Waals surface area contributed by atoms with E-state index in [1.807, 2.05) is 19.1 Å². The molecule has 5 heteroatoms. The van der Waals surface area contributed by atoms with Crippen LogP contribution in [0.5, 0.6) is 0 Å². The minimum atomic E-state index is 0.395. The number of rotatable bonds is 4. The van der Waals surface area contributed by atoms with Crippen LogP contribution in [-0.4, -0.2) is 21.2 Å². The quantitative estimate of drug-likeness (QED) is 0.872. The van der Waals surface area contributed by atoms with Crippen LogP contribution in [0.15, 0.2) is 22.7 Å². The summed E-state index contributed by atoms with van der Waals surface area (Å²) < 4.78 is 5.54. The highest BCUT2D eigenvalue weighted by molar-refractivity contribution is 5.50. The van der Waals surface area contributed by atoms with Crippen LogP contribution in [0.2, 0.25) is 0 Å². The van der Waals surface area contributed by atoms with E-state index in [4.69, 9.17) is 4.42 Å². The van der Waals surface area contributed by atoms with Crippen molar-refractivity contribution in [3.05, 3.63) is 29.9 Å². The summed E-state index contributed by atoms with van der Waals surface area (Å²) in [7, 11) is 0. The fourth-order valence-electron chi connectivity index (χ4n) is 1.33. The van der Waals surface area contributed by atoms with Gasteiger partial charge in [-0.15, -0.1) is 10.2 Å². The van der Waals surface area contributed by atoms with Crippen LogP contribution in [0.1, 0.15) is 25.4 Å². The fraction of sp³-hybridized carbons (Fsp3) is 0.417. The fourth-order valence-corrected chi connectivity index (χ4v) is 1.33. The number of pyridine rings is 1. The molecule has 0 bridgehead atoms. The molecule has 2 aromatic heterocycles. The Morgan fingerprint density at radius 2 is 2.12 bits per heavy atom. The van der Waals surface area contributed by atoms with Gasteiger partial charge in [0.1, 0.15) is 0 Å². The molecule has 2 heterocycles. The lowest BCUT2D eigenvalue weighted by Crippen LogP contribution is -2.21. The zero-order valence-corrected chi connectivity index (χ0v) is 10.3. The van der Waals surface area contributed by atoms with Crippen LogP contribution >= 0.6 is 0 Å². The van der Waals surface area contributed by atoms with Gasteiger partial charge in [0.25, 0.3) is 0 Å². The zero-order valence-electron chi connectivity index (χ0n) is 10.3. The molecule has 0 atom stereocenters. The summed E-state index contributed by atoms with van der Waals surface area (Å²) in [6, 6.07) is 4.24. The molecule has 0 saturated carbocycles. The lowest BCUT2D eigenvalue weighted by molar-refractivity contribution is 0.458. The Morgan fingerprint density at radius 3 is 2.76 bits per heavy atom. The highest BCUT2D eigenvalue weighted by atomic mass is 16.4. The van der Waals surface area contributed by atoms with Gasteiger partial charge in [-0.2, -0.15) is 0 Å². The molecule has 0 aliphatic rings. The molecule has 1 N–H and O–H groups in total. The van der Waals surface area contributed by atoms with Crippen molar-refractivity contribution in [3.8, 4) is 11.5 Å². The van der Waals surface area contributed by atoms with Crippen molar-refractivity contribution >= 4 is 0 Å². The Kier molecular flexibility index (Phi) is 3.49. The predicted molar refractivity (Wildman–Crippen MR) is 64.2 cm³/mol. The maximum absolute atomic E-state index is 5.54. The van der Waals surface area contributed by atoms with E-state index in [-0.39, 0.29) is 0 Å². The summed E-state index contributed by atoms with van der Waals surface area (Å²) in [4.78, 5) is 4.20. The third kappa shape index (κ3) is 3.10. The van der Waals surface area contributed by atoms with Gasteiger partial charge in [-0.05, 0) is 19.1 Å². The zero-order chi connectivity index (χ0) is 12.3. The number of hydrogen-bond acceptors (Lipinski definition) is 5. The van der Waals surface area contributed by atoms with Crippen molar-refractivity contribution in [2.75, 3.05) is 0 Å². The molecule has 2 rings (SSSR count). The van der Waals surface area contributed by atoms with E-state index >= 15 is 0 Å². The highest BCUT2D eigenvalue weighted by Gasteiger charge is 2.08. The molecule has 0 aliphatic heterocycles. The monoisotopic (exact) mass is 232 g/mol. The third-order valence-electron chi connectivity index (χ3n) is 2.29. The highest BCUT2D eigenvalue weighted by Crippen LogP contribution is 2.16. The van der Waals surface area contributed by atoms with Gasteiger partial charge in [-0.25, -0.2) is 0 Å². The summed E-state index contributed by atoms with van der Waals surface area (Å²) in [6.07, 6.45) is 1.74. The SMILES string of the molecule is Cc1ccc(-c2nnc(CNC(C)C)o2)cn1. The van der Waals surface area contributed by atoms with Crippen LogP contribution in [0.25, 0.3) is 11.5 Å². The summed E-state index contributed by atoms with van der Waals surface area (Å²) in [5.74, 6) is 1.10. The van der Waals surface area contributed by atoms with Gasteiger partial charge in [0.15, 0.2) is 0 Å². The van der Waals surface area contributed by atoms with Gasteiger partial charge in [-0.3, -0.25) is 4.98 Å². The molecular formula is C12H16N4O. The van der Waals surface area contributed by atoms with Gasteiger partial charge in [0, 0.05) is 17.9 Å². The van der Waals surface area contributed by atoms with E-state index in [1.165, 1.54) is 0 Å². The molecule has 0 aromatic carbocycles. The molecule has 90 valence electrons. The van der Waals surface area contributed by atoms with E-state index in [2.05, 4.69) is 34.3 Å². The Balaban J connectivity index is 2.10. The first kappa shape index (κ1) is 11.7. The van der Waals surface area contributed by atoms with Gasteiger partial charge in [0.05, 0.1) is 12.1 Å². The van der Waals surface area contributed by atoms with Crippen LogP contribution in [0.4, 0.5) is 0 Å². The molecule has 5 nitrogen and oxygen atoms in total. The molecule has 0 radical (unpaired) electrons. The molecule has 0 spiro atoms. The first-order valence-corrected chi connectivity index (χ1v) is 5.64. The minimum Gasteiger partial charge on any atom is -0.419 e. The van der Waals surface area contributed by atoms with Crippen molar-refractivity contribution in [2.45, 2.75) is 33.4 Å². The Hall–Kier alpha value is -1.75. The second kappa shape index (κ2) is 5.05. The van der Waals surface area contributed by atoms with Gasteiger partial charge in [0.2, 0.25) is 11.8 Å². The van der Waals surface area contributed by atoms with Crippen molar-refractivity contribution in [1.29, 1.82) is 0 Å². The molecule has 0 unspecified atom stereocenters. The van der Waals surface area contributed by atoms with E-state index in [9.17, 15) is 0 Å². The van der Waals surface area contributed by atoms with Crippen molar-refractivity contribution < 1.29 is 4.42 Å². The van der Waals surface area contributed by atoms with Crippen molar-refractivity contribution in [3.63, 3.8) is 0 Å². The largest absolute Gasteiger partial charge is 0.419 e. The lowest BCUT2D eigenvalue weighted by Gasteiger charge is -2.03. The number of nitrogens with one attached hydrogen (secondary N) is 1. The molecule has 2 aromatic rings. The summed E-state index contributed by atoms with van der Waals surface area (Å²) in [5.41, 5.74) is 1.81. The first-order chi connectivity index (χ1) is 8.15. The van der Waals surface area contributed by atoms with Crippen molar-refractivity contribution in [2.24, 2.45) is 0 Å². The first-order valence-electron chi connectivity index (χ1n) is 5.64. The normalized spacial score (nSPS) is 11.1.